The number of carbonyl (C=O) groups excluding carboxylic acids is 2. The van der Waals surface area contributed by atoms with Crippen molar-refractivity contribution in [2.75, 3.05) is 6.61 Å². The van der Waals surface area contributed by atoms with E-state index in [4.69, 9.17) is 16.3 Å². The summed E-state index contributed by atoms with van der Waals surface area (Å²) in [6, 6.07) is 12.3. The van der Waals surface area contributed by atoms with Gasteiger partial charge in [-0.05, 0) is 51.2 Å². The van der Waals surface area contributed by atoms with Gasteiger partial charge in [0.05, 0.1) is 15.1 Å². The zero-order valence-corrected chi connectivity index (χ0v) is 17.1. The molecule has 0 unspecified atom stereocenters. The van der Waals surface area contributed by atoms with Crippen molar-refractivity contribution in [1.29, 1.82) is 0 Å². The van der Waals surface area contributed by atoms with Gasteiger partial charge in [-0.3, -0.25) is 20.4 Å². The van der Waals surface area contributed by atoms with Gasteiger partial charge in [-0.2, -0.15) is 0 Å². The van der Waals surface area contributed by atoms with Crippen molar-refractivity contribution in [1.82, 2.24) is 10.9 Å². The molecule has 138 valence electrons. The Hall–Kier alpha value is -2.05. The van der Waals surface area contributed by atoms with E-state index in [1.807, 2.05) is 12.1 Å². The van der Waals surface area contributed by atoms with Crippen molar-refractivity contribution in [2.45, 2.75) is 26.2 Å². The van der Waals surface area contributed by atoms with Crippen molar-refractivity contribution in [2.24, 2.45) is 0 Å². The van der Waals surface area contributed by atoms with Crippen LogP contribution in [0.5, 0.6) is 5.75 Å². The fourth-order valence-corrected chi connectivity index (χ4v) is 2.82. The lowest BCUT2D eigenvalue weighted by Crippen LogP contribution is -2.43. The normalized spacial score (nSPS) is 11.0. The third-order valence-electron chi connectivity index (χ3n) is 3.59. The molecule has 2 amide bonds. The molecule has 0 aliphatic rings. The van der Waals surface area contributed by atoms with E-state index in [9.17, 15) is 9.59 Å². The monoisotopic (exact) mass is 438 g/mol. The number of rotatable bonds is 4. The number of amides is 2. The Balaban J connectivity index is 1.87. The second kappa shape index (κ2) is 8.56. The average molecular weight is 440 g/mol. The van der Waals surface area contributed by atoms with E-state index in [0.717, 1.165) is 10.0 Å². The molecular formula is C19H20BrClN2O3. The van der Waals surface area contributed by atoms with Gasteiger partial charge in [0, 0.05) is 0 Å². The van der Waals surface area contributed by atoms with Crippen LogP contribution in [0.25, 0.3) is 0 Å². The lowest BCUT2D eigenvalue weighted by Gasteiger charge is -2.20. The summed E-state index contributed by atoms with van der Waals surface area (Å²) in [6.07, 6.45) is 0. The number of halogens is 2. The average Bonchev–Trinajstić information content (AvgIpc) is 2.58. The van der Waals surface area contributed by atoms with Crippen LogP contribution in [0.2, 0.25) is 5.02 Å². The second-order valence-corrected chi connectivity index (χ2v) is 7.93. The molecule has 0 heterocycles. The highest BCUT2D eigenvalue weighted by atomic mass is 79.9. The molecule has 0 aliphatic heterocycles. The van der Waals surface area contributed by atoms with Gasteiger partial charge in [0.15, 0.2) is 6.61 Å². The molecule has 0 saturated heterocycles. The van der Waals surface area contributed by atoms with Gasteiger partial charge < -0.3 is 4.74 Å². The van der Waals surface area contributed by atoms with Gasteiger partial charge >= 0.3 is 0 Å². The minimum absolute atomic E-state index is 0.0153. The number of hydrogen-bond acceptors (Lipinski definition) is 3. The van der Waals surface area contributed by atoms with Crippen LogP contribution < -0.4 is 15.6 Å². The van der Waals surface area contributed by atoms with E-state index in [2.05, 4.69) is 47.6 Å². The predicted octanol–water partition coefficient (Wildman–Crippen LogP) is 4.24. The standard InChI is InChI=1S/C19H20BrClN2O3/c1-19(2,3)12-8-9-16(14(20)10-12)26-11-17(24)22-23-18(25)13-6-4-5-7-15(13)21/h4-10H,11H2,1-3H3,(H,22,24)(H,23,25). The highest BCUT2D eigenvalue weighted by Crippen LogP contribution is 2.31. The molecule has 2 rings (SSSR count). The summed E-state index contributed by atoms with van der Waals surface area (Å²) in [5.74, 6) is -0.442. The lowest BCUT2D eigenvalue weighted by molar-refractivity contribution is -0.123. The number of carbonyl (C=O) groups is 2. The Morgan fingerprint density at radius 1 is 1.12 bits per heavy atom. The van der Waals surface area contributed by atoms with Gasteiger partial charge in [0.25, 0.3) is 11.8 Å². The maximum Gasteiger partial charge on any atom is 0.276 e. The van der Waals surface area contributed by atoms with Gasteiger partial charge in [0.2, 0.25) is 0 Å². The van der Waals surface area contributed by atoms with Crippen LogP contribution in [0.1, 0.15) is 36.7 Å². The Labute approximate surface area is 166 Å². The zero-order valence-electron chi connectivity index (χ0n) is 14.7. The molecule has 0 fully saturated rings. The van der Waals surface area contributed by atoms with E-state index in [1.165, 1.54) is 0 Å². The number of ether oxygens (including phenoxy) is 1. The summed E-state index contributed by atoms with van der Waals surface area (Å²) < 4.78 is 6.25. The summed E-state index contributed by atoms with van der Waals surface area (Å²) >= 11 is 9.38. The first-order valence-corrected chi connectivity index (χ1v) is 9.12. The van der Waals surface area contributed by atoms with Gasteiger partial charge in [0.1, 0.15) is 5.75 Å². The van der Waals surface area contributed by atoms with Crippen molar-refractivity contribution in [3.63, 3.8) is 0 Å². The van der Waals surface area contributed by atoms with E-state index < -0.39 is 11.8 Å². The van der Waals surface area contributed by atoms with E-state index in [-0.39, 0.29) is 17.6 Å². The first kappa shape index (κ1) is 20.3. The molecule has 7 heteroatoms. The topological polar surface area (TPSA) is 67.4 Å². The molecule has 0 aromatic heterocycles. The zero-order chi connectivity index (χ0) is 19.3. The molecule has 0 spiro atoms. The molecular weight excluding hydrogens is 420 g/mol. The minimum Gasteiger partial charge on any atom is -0.483 e. The Bertz CT molecular complexity index is 819. The van der Waals surface area contributed by atoms with E-state index in [0.29, 0.717) is 10.8 Å². The molecule has 0 aliphatic carbocycles. The van der Waals surface area contributed by atoms with Gasteiger partial charge in [-0.15, -0.1) is 0 Å². The lowest BCUT2D eigenvalue weighted by atomic mass is 9.87. The van der Waals surface area contributed by atoms with E-state index in [1.54, 1.807) is 30.3 Å². The third kappa shape index (κ3) is 5.47. The van der Waals surface area contributed by atoms with Crippen LogP contribution in [0.15, 0.2) is 46.9 Å². The smallest absolute Gasteiger partial charge is 0.276 e. The molecule has 26 heavy (non-hydrogen) atoms. The Kier molecular flexibility index (Phi) is 6.67. The van der Waals surface area contributed by atoms with Crippen molar-refractivity contribution in [3.05, 3.63) is 63.1 Å². The fraction of sp³-hybridized carbons (Fsp3) is 0.263. The van der Waals surface area contributed by atoms with E-state index >= 15 is 0 Å². The fourth-order valence-electron chi connectivity index (χ4n) is 2.10. The Morgan fingerprint density at radius 2 is 1.81 bits per heavy atom. The summed E-state index contributed by atoms with van der Waals surface area (Å²) in [4.78, 5) is 23.8. The summed E-state index contributed by atoms with van der Waals surface area (Å²) in [6.45, 7) is 6.11. The summed E-state index contributed by atoms with van der Waals surface area (Å²) in [5.41, 5.74) is 6.04. The molecule has 2 aromatic carbocycles. The summed E-state index contributed by atoms with van der Waals surface area (Å²) in [5, 5.41) is 0.304. The number of hydrazine groups is 1. The molecule has 2 aromatic rings. The largest absolute Gasteiger partial charge is 0.483 e. The van der Waals surface area contributed by atoms with Crippen LogP contribution in [-0.4, -0.2) is 18.4 Å². The molecule has 0 bridgehead atoms. The molecule has 5 nitrogen and oxygen atoms in total. The molecule has 0 atom stereocenters. The van der Waals surface area contributed by atoms with Gasteiger partial charge in [-0.1, -0.05) is 50.6 Å². The number of nitrogens with one attached hydrogen (secondary N) is 2. The predicted molar refractivity (Wildman–Crippen MR) is 105 cm³/mol. The van der Waals surface area contributed by atoms with Crippen molar-refractivity contribution < 1.29 is 14.3 Å². The molecule has 2 N–H and O–H groups in total. The third-order valence-corrected chi connectivity index (χ3v) is 4.54. The first-order chi connectivity index (χ1) is 12.2. The highest BCUT2D eigenvalue weighted by molar-refractivity contribution is 9.10. The Morgan fingerprint density at radius 3 is 2.42 bits per heavy atom. The van der Waals surface area contributed by atoms with Crippen molar-refractivity contribution in [3.8, 4) is 5.75 Å². The van der Waals surface area contributed by atoms with Crippen LogP contribution in [0, 0.1) is 0 Å². The molecule has 0 radical (unpaired) electrons. The quantitative estimate of drug-likeness (QED) is 0.700. The van der Waals surface area contributed by atoms with Gasteiger partial charge in [-0.25, -0.2) is 0 Å². The van der Waals surface area contributed by atoms with Crippen molar-refractivity contribution >= 4 is 39.3 Å². The number of hydrogen-bond donors (Lipinski definition) is 2. The maximum atomic E-state index is 12.0. The maximum absolute atomic E-state index is 12.0. The summed E-state index contributed by atoms with van der Waals surface area (Å²) in [7, 11) is 0. The van der Waals surface area contributed by atoms with Crippen LogP contribution in [-0.2, 0) is 10.2 Å². The first-order valence-electron chi connectivity index (χ1n) is 7.95. The van der Waals surface area contributed by atoms with Crippen LogP contribution in [0.3, 0.4) is 0 Å². The molecule has 0 saturated carbocycles. The van der Waals surface area contributed by atoms with Crippen LogP contribution in [0.4, 0.5) is 0 Å². The van der Waals surface area contributed by atoms with Crippen LogP contribution >= 0.6 is 27.5 Å². The number of benzene rings is 2. The highest BCUT2D eigenvalue weighted by Gasteiger charge is 2.16. The minimum atomic E-state index is -0.500. The SMILES string of the molecule is CC(C)(C)c1ccc(OCC(=O)NNC(=O)c2ccccc2Cl)c(Br)c1. The second-order valence-electron chi connectivity index (χ2n) is 6.67.